The Labute approximate surface area is 165 Å². The van der Waals surface area contributed by atoms with E-state index in [2.05, 4.69) is 15.5 Å². The second-order valence-electron chi connectivity index (χ2n) is 7.11. The van der Waals surface area contributed by atoms with E-state index in [1.54, 1.807) is 30.3 Å². The van der Waals surface area contributed by atoms with Crippen LogP contribution in [0.5, 0.6) is 5.75 Å². The van der Waals surface area contributed by atoms with E-state index < -0.39 is 19.1 Å². The zero-order chi connectivity index (χ0) is 20.6. The molecule has 0 bridgehead atoms. The summed E-state index contributed by atoms with van der Waals surface area (Å²) in [4.78, 5) is 0. The van der Waals surface area contributed by atoms with Crippen LogP contribution in [0.25, 0.3) is 22.0 Å². The molecule has 150 valence electrons. The van der Waals surface area contributed by atoms with E-state index in [-0.39, 0.29) is 25.0 Å². The largest absolute Gasteiger partial charge is 0.491 e. The van der Waals surface area contributed by atoms with Crippen LogP contribution in [0.15, 0.2) is 42.6 Å². The lowest BCUT2D eigenvalue weighted by molar-refractivity contribution is 0.0196. The lowest BCUT2D eigenvalue weighted by atomic mass is 9.79. The smallest absolute Gasteiger partial charge is 0.488 e. The Morgan fingerprint density at radius 1 is 1.24 bits per heavy atom. The van der Waals surface area contributed by atoms with Gasteiger partial charge in [-0.05, 0) is 29.2 Å². The molecule has 4 rings (SSSR count). The van der Waals surface area contributed by atoms with E-state index in [4.69, 9.17) is 10.5 Å². The number of nitrogens with one attached hydrogen (secondary N) is 1. The fraction of sp³-hybridized carbons (Fsp3) is 0.263. The van der Waals surface area contributed by atoms with Crippen molar-refractivity contribution in [1.29, 1.82) is 0 Å². The number of hydrogen-bond donors (Lipinski definition) is 4. The van der Waals surface area contributed by atoms with Crippen molar-refractivity contribution in [2.24, 2.45) is 0 Å². The van der Waals surface area contributed by atoms with Gasteiger partial charge in [-0.1, -0.05) is 18.2 Å². The molecule has 1 aliphatic heterocycles. The number of halogens is 2. The van der Waals surface area contributed by atoms with Crippen molar-refractivity contribution in [3.05, 3.63) is 42.6 Å². The summed E-state index contributed by atoms with van der Waals surface area (Å²) in [7, 11) is -1.66. The summed E-state index contributed by atoms with van der Waals surface area (Å²) in [5, 5.41) is 30.5. The maximum absolute atomic E-state index is 13.4. The van der Waals surface area contributed by atoms with Crippen LogP contribution in [0.3, 0.4) is 0 Å². The number of benzene rings is 2. The number of fused-ring (bicyclic) bond motifs is 1. The lowest BCUT2D eigenvalue weighted by Gasteiger charge is -2.17. The molecule has 3 aromatic rings. The van der Waals surface area contributed by atoms with Gasteiger partial charge in [0.2, 0.25) is 0 Å². The van der Waals surface area contributed by atoms with E-state index in [1.165, 1.54) is 12.3 Å². The quantitative estimate of drug-likeness (QED) is 0.472. The van der Waals surface area contributed by atoms with Crippen LogP contribution in [0, 0.1) is 0 Å². The van der Waals surface area contributed by atoms with Crippen LogP contribution >= 0.6 is 0 Å². The van der Waals surface area contributed by atoms with Gasteiger partial charge in [0, 0.05) is 23.4 Å². The Balaban J connectivity index is 1.68. The summed E-state index contributed by atoms with van der Waals surface area (Å²) in [6.45, 7) is -0.307. The summed E-state index contributed by atoms with van der Waals surface area (Å²) < 4.78 is 32.6. The normalized spacial score (nSPS) is 18.1. The van der Waals surface area contributed by atoms with Crippen molar-refractivity contribution in [3.63, 3.8) is 0 Å². The van der Waals surface area contributed by atoms with E-state index in [1.807, 2.05) is 0 Å². The number of anilines is 1. The zero-order valence-electron chi connectivity index (χ0n) is 15.3. The highest BCUT2D eigenvalue weighted by atomic mass is 19.3. The molecule has 0 saturated carbocycles. The van der Waals surface area contributed by atoms with Crippen molar-refractivity contribution in [2.75, 3.05) is 18.9 Å². The monoisotopic (exact) mass is 400 g/mol. The average Bonchev–Trinajstić information content (AvgIpc) is 3.05. The molecule has 1 aliphatic rings. The zero-order valence-corrected chi connectivity index (χ0v) is 15.3. The van der Waals surface area contributed by atoms with Crippen LogP contribution in [0.4, 0.5) is 14.5 Å². The van der Waals surface area contributed by atoms with Gasteiger partial charge in [0.05, 0.1) is 23.9 Å². The molecule has 0 amide bonds. The SMILES string of the molecule is Nc1cnnc2cc(-c3cc(B(O)O)ccc3OC[C@@H]3CC(F)(F)CN3)ccc12. The number of alkyl halides is 2. The Morgan fingerprint density at radius 2 is 2.07 bits per heavy atom. The highest BCUT2D eigenvalue weighted by Crippen LogP contribution is 2.33. The van der Waals surface area contributed by atoms with Crippen LogP contribution in [-0.4, -0.2) is 52.5 Å². The minimum atomic E-state index is -2.74. The third kappa shape index (κ3) is 4.14. The Morgan fingerprint density at radius 3 is 2.79 bits per heavy atom. The van der Waals surface area contributed by atoms with Gasteiger partial charge >= 0.3 is 7.12 Å². The number of rotatable bonds is 5. The molecule has 1 saturated heterocycles. The van der Waals surface area contributed by atoms with Gasteiger partial charge in [-0.3, -0.25) is 0 Å². The van der Waals surface area contributed by atoms with Gasteiger partial charge < -0.3 is 25.8 Å². The third-order valence-electron chi connectivity index (χ3n) is 4.92. The van der Waals surface area contributed by atoms with Crippen LogP contribution in [0.2, 0.25) is 0 Å². The van der Waals surface area contributed by atoms with Crippen molar-refractivity contribution in [2.45, 2.75) is 18.4 Å². The van der Waals surface area contributed by atoms with Crippen molar-refractivity contribution in [3.8, 4) is 16.9 Å². The Bertz CT molecular complexity index is 1050. The van der Waals surface area contributed by atoms with Crippen molar-refractivity contribution in [1.82, 2.24) is 15.5 Å². The molecule has 0 aliphatic carbocycles. The first-order valence-electron chi connectivity index (χ1n) is 9.08. The second-order valence-corrected chi connectivity index (χ2v) is 7.11. The second kappa shape index (κ2) is 7.55. The summed E-state index contributed by atoms with van der Waals surface area (Å²) in [5.41, 5.74) is 8.52. The lowest BCUT2D eigenvalue weighted by Crippen LogP contribution is -2.30. The summed E-state index contributed by atoms with van der Waals surface area (Å²) in [6.07, 6.45) is 1.17. The average molecular weight is 400 g/mol. The first-order chi connectivity index (χ1) is 13.8. The maximum Gasteiger partial charge on any atom is 0.488 e. The number of nitrogens with two attached hydrogens (primary N) is 1. The summed E-state index contributed by atoms with van der Waals surface area (Å²) in [6, 6.07) is 9.57. The Hall–Kier alpha value is -2.82. The van der Waals surface area contributed by atoms with Gasteiger partial charge in [0.25, 0.3) is 5.92 Å². The molecular weight excluding hydrogens is 381 g/mol. The number of ether oxygens (including phenoxy) is 1. The van der Waals surface area contributed by atoms with E-state index in [0.717, 1.165) is 5.39 Å². The highest BCUT2D eigenvalue weighted by Gasteiger charge is 2.39. The molecule has 2 aromatic carbocycles. The van der Waals surface area contributed by atoms with E-state index in [0.29, 0.717) is 28.1 Å². The first kappa shape index (κ1) is 19.5. The van der Waals surface area contributed by atoms with Gasteiger partial charge in [-0.15, -0.1) is 0 Å². The fourth-order valence-electron chi connectivity index (χ4n) is 3.42. The molecule has 2 heterocycles. The fourth-order valence-corrected chi connectivity index (χ4v) is 3.42. The minimum Gasteiger partial charge on any atom is -0.491 e. The van der Waals surface area contributed by atoms with E-state index in [9.17, 15) is 18.8 Å². The number of aromatic nitrogens is 2. The molecule has 0 spiro atoms. The predicted molar refractivity (Wildman–Crippen MR) is 106 cm³/mol. The molecule has 5 N–H and O–H groups in total. The summed E-state index contributed by atoms with van der Waals surface area (Å²) >= 11 is 0. The molecule has 0 radical (unpaired) electrons. The molecule has 29 heavy (non-hydrogen) atoms. The van der Waals surface area contributed by atoms with Crippen LogP contribution in [-0.2, 0) is 0 Å². The predicted octanol–water partition coefficient (Wildman–Crippen LogP) is 0.935. The Kier molecular flexibility index (Phi) is 5.07. The number of nitrogen functional groups attached to an aromatic ring is 1. The van der Waals surface area contributed by atoms with Crippen LogP contribution in [0.1, 0.15) is 6.42 Å². The maximum atomic E-state index is 13.4. The van der Waals surface area contributed by atoms with Gasteiger partial charge in [0.15, 0.2) is 0 Å². The molecule has 1 atom stereocenters. The first-order valence-corrected chi connectivity index (χ1v) is 9.08. The molecule has 0 unspecified atom stereocenters. The molecule has 1 aromatic heterocycles. The summed E-state index contributed by atoms with van der Waals surface area (Å²) in [5.74, 6) is -2.30. The van der Waals surface area contributed by atoms with Gasteiger partial charge in [-0.2, -0.15) is 10.2 Å². The number of hydrogen-bond acceptors (Lipinski definition) is 7. The molecular formula is C19H19BF2N4O3. The van der Waals surface area contributed by atoms with E-state index >= 15 is 0 Å². The van der Waals surface area contributed by atoms with Gasteiger partial charge in [-0.25, -0.2) is 8.78 Å². The molecule has 1 fully saturated rings. The molecule has 7 nitrogen and oxygen atoms in total. The topological polar surface area (TPSA) is 114 Å². The standard InChI is InChI=1S/C19H19BF2N4O3/c21-19(22)7-13(24-10-19)9-29-18-4-2-12(20(27)28)6-15(18)11-1-3-14-16(23)8-25-26-17(14)5-11/h1-6,8,13,24,27-28H,7,9-10H2,(H2,23,26)/t13-/m0/s1. The molecule has 10 heteroatoms. The van der Waals surface area contributed by atoms with Crippen LogP contribution < -0.4 is 21.3 Å². The minimum absolute atomic E-state index is 0.0595. The highest BCUT2D eigenvalue weighted by molar-refractivity contribution is 6.58. The number of nitrogens with zero attached hydrogens (tertiary/aromatic N) is 2. The van der Waals surface area contributed by atoms with Gasteiger partial charge in [0.1, 0.15) is 12.4 Å². The van der Waals surface area contributed by atoms with Crippen molar-refractivity contribution >= 4 is 29.2 Å². The van der Waals surface area contributed by atoms with Crippen molar-refractivity contribution < 1.29 is 23.6 Å². The third-order valence-corrected chi connectivity index (χ3v) is 4.92.